The molecule has 2 bridgehead atoms. The van der Waals surface area contributed by atoms with Crippen LogP contribution in [0.15, 0.2) is 23.0 Å². The predicted octanol–water partition coefficient (Wildman–Crippen LogP) is 4.69. The number of phenols is 1. The van der Waals surface area contributed by atoms with E-state index in [1.54, 1.807) is 0 Å². The van der Waals surface area contributed by atoms with Crippen LogP contribution in [0.2, 0.25) is 0 Å². The summed E-state index contributed by atoms with van der Waals surface area (Å²) >= 11 is 0. The number of phenolic OH excluding ortho intramolecular Hbond substituents is 1. The second-order valence-electron chi connectivity index (χ2n) is 9.55. The van der Waals surface area contributed by atoms with Crippen molar-refractivity contribution in [2.24, 2.45) is 5.41 Å². The van der Waals surface area contributed by atoms with Gasteiger partial charge < -0.3 is 14.9 Å². The van der Waals surface area contributed by atoms with Crippen molar-refractivity contribution in [3.8, 4) is 17.3 Å². The number of nitrogens with one attached hydrogen (secondary N) is 1. The molecular formula is C23H19F6N5O3. The Kier molecular flexibility index (Phi) is 5.87. The van der Waals surface area contributed by atoms with Crippen LogP contribution in [0.25, 0.3) is 11.6 Å². The van der Waals surface area contributed by atoms with Gasteiger partial charge in [-0.15, -0.1) is 0 Å². The van der Waals surface area contributed by atoms with Gasteiger partial charge in [-0.3, -0.25) is 4.79 Å². The Labute approximate surface area is 205 Å². The third-order valence-corrected chi connectivity index (χ3v) is 7.47. The van der Waals surface area contributed by atoms with E-state index in [-0.39, 0.29) is 23.5 Å². The Morgan fingerprint density at radius 2 is 1.70 bits per heavy atom. The number of nitrogens with zero attached hydrogens (tertiary/aromatic N) is 4. The Bertz CT molecular complexity index is 1330. The van der Waals surface area contributed by atoms with Gasteiger partial charge in [-0.25, -0.2) is 18.7 Å². The molecule has 0 aliphatic heterocycles. The fraction of sp³-hybridized carbons (Fsp3) is 0.435. The van der Waals surface area contributed by atoms with Crippen LogP contribution in [-0.2, 0) is 11.6 Å². The average Bonchev–Trinajstić information content (AvgIpc) is 3.40. The van der Waals surface area contributed by atoms with E-state index >= 15 is 0 Å². The second kappa shape index (κ2) is 8.70. The number of hydrogen-bond donors (Lipinski definition) is 2. The molecule has 0 radical (unpaired) electrons. The third kappa shape index (κ3) is 4.37. The minimum absolute atomic E-state index is 0.0150. The Morgan fingerprint density at radius 3 is 2.30 bits per heavy atom. The number of aromatic nitrogens is 4. The van der Waals surface area contributed by atoms with Gasteiger partial charge in [-0.05, 0) is 50.0 Å². The zero-order valence-corrected chi connectivity index (χ0v) is 19.0. The number of carbonyl (C=O) groups is 1. The SMILES string of the molecule is O=C(NCC12CCC(c3noc(-c4cnc(C(F)(F)F)cn4)n3)(CC1)CC2)c1cc(F)c(O)c(F)c1F. The lowest BCUT2D eigenvalue weighted by Gasteiger charge is -2.52. The summed E-state index contributed by atoms with van der Waals surface area (Å²) in [6, 6.07) is 0.447. The summed E-state index contributed by atoms with van der Waals surface area (Å²) in [7, 11) is 0. The lowest BCUT2D eigenvalue weighted by molar-refractivity contribution is -0.141. The highest BCUT2D eigenvalue weighted by molar-refractivity contribution is 5.94. The van der Waals surface area contributed by atoms with Crippen molar-refractivity contribution in [3.05, 3.63) is 53.0 Å². The maximum atomic E-state index is 14.0. The van der Waals surface area contributed by atoms with E-state index in [0.717, 1.165) is 6.20 Å². The largest absolute Gasteiger partial charge is 0.503 e. The van der Waals surface area contributed by atoms with Crippen molar-refractivity contribution >= 4 is 5.91 Å². The van der Waals surface area contributed by atoms with E-state index in [9.17, 15) is 31.1 Å². The lowest BCUT2D eigenvalue weighted by Crippen LogP contribution is -2.49. The number of hydrogen-bond acceptors (Lipinski definition) is 7. The molecule has 0 unspecified atom stereocenters. The number of carbonyl (C=O) groups excluding carboxylic acids is 1. The molecule has 0 atom stereocenters. The Hall–Kier alpha value is -3.71. The summed E-state index contributed by atoms with van der Waals surface area (Å²) in [5.41, 5.74) is -2.69. The Balaban J connectivity index is 1.24. The summed E-state index contributed by atoms with van der Waals surface area (Å²) in [4.78, 5) is 23.9. The number of halogens is 6. The molecule has 8 nitrogen and oxygen atoms in total. The molecular weight excluding hydrogens is 508 g/mol. The number of aromatic hydroxyl groups is 1. The molecule has 0 saturated heterocycles. The summed E-state index contributed by atoms with van der Waals surface area (Å²) in [6.45, 7) is 0.157. The lowest BCUT2D eigenvalue weighted by atomic mass is 9.53. The van der Waals surface area contributed by atoms with E-state index in [0.29, 0.717) is 56.6 Å². The topological polar surface area (TPSA) is 114 Å². The van der Waals surface area contributed by atoms with Crippen molar-refractivity contribution in [1.29, 1.82) is 0 Å². The normalized spacial score (nSPS) is 23.3. The number of alkyl halides is 3. The van der Waals surface area contributed by atoms with Gasteiger partial charge in [0.2, 0.25) is 5.82 Å². The highest BCUT2D eigenvalue weighted by atomic mass is 19.4. The molecule has 37 heavy (non-hydrogen) atoms. The number of benzene rings is 1. The van der Waals surface area contributed by atoms with E-state index in [4.69, 9.17) is 9.63 Å². The average molecular weight is 527 g/mol. The summed E-state index contributed by atoms with van der Waals surface area (Å²) in [5, 5.41) is 15.7. The zero-order chi connectivity index (χ0) is 26.6. The van der Waals surface area contributed by atoms with E-state index in [2.05, 4.69) is 25.4 Å². The number of fused-ring (bicyclic) bond motifs is 3. The minimum atomic E-state index is -4.62. The van der Waals surface area contributed by atoms with Crippen LogP contribution in [0.4, 0.5) is 26.3 Å². The van der Waals surface area contributed by atoms with E-state index < -0.39 is 52.0 Å². The third-order valence-electron chi connectivity index (χ3n) is 7.47. The fourth-order valence-electron chi connectivity index (χ4n) is 5.11. The molecule has 2 heterocycles. The fourth-order valence-corrected chi connectivity index (χ4v) is 5.11. The first-order valence-corrected chi connectivity index (χ1v) is 11.3. The summed E-state index contributed by atoms with van der Waals surface area (Å²) in [6.07, 6.45) is 0.751. The van der Waals surface area contributed by atoms with Gasteiger partial charge in [0.15, 0.2) is 28.9 Å². The molecule has 196 valence electrons. The Morgan fingerprint density at radius 1 is 1.03 bits per heavy atom. The van der Waals surface area contributed by atoms with Gasteiger partial charge in [0.05, 0.1) is 18.0 Å². The van der Waals surface area contributed by atoms with Gasteiger partial charge in [0, 0.05) is 12.0 Å². The maximum absolute atomic E-state index is 14.0. The van der Waals surface area contributed by atoms with Crippen LogP contribution in [0.3, 0.4) is 0 Å². The van der Waals surface area contributed by atoms with Crippen LogP contribution >= 0.6 is 0 Å². The molecule has 14 heteroatoms. The monoisotopic (exact) mass is 527 g/mol. The standard InChI is InChI=1S/C23H19F6N5O3/c24-12-7-11(15(25)16(26)17(12)35)18(36)32-10-21-1-4-22(5-2-21,6-3-21)20-33-19(37-34-20)13-8-31-14(9-30-13)23(27,28)29/h7-9,35H,1-6,10H2,(H,32,36). The van der Waals surface area contributed by atoms with Crippen LogP contribution in [0.1, 0.15) is 60.4 Å². The van der Waals surface area contributed by atoms with E-state index in [1.807, 2.05) is 0 Å². The van der Waals surface area contributed by atoms with Crippen molar-refractivity contribution < 1.29 is 40.8 Å². The zero-order valence-electron chi connectivity index (χ0n) is 19.0. The first-order chi connectivity index (χ1) is 17.4. The molecule has 3 saturated carbocycles. The highest BCUT2D eigenvalue weighted by Gasteiger charge is 2.51. The predicted molar refractivity (Wildman–Crippen MR) is 112 cm³/mol. The molecule has 0 spiro atoms. The molecule has 1 aromatic carbocycles. The van der Waals surface area contributed by atoms with Gasteiger partial charge in [-0.1, -0.05) is 5.16 Å². The van der Waals surface area contributed by atoms with Crippen LogP contribution in [-0.4, -0.2) is 37.7 Å². The van der Waals surface area contributed by atoms with Crippen LogP contribution < -0.4 is 5.32 Å². The molecule has 3 aliphatic carbocycles. The second-order valence-corrected chi connectivity index (χ2v) is 9.55. The molecule has 1 amide bonds. The molecule has 2 aromatic heterocycles. The highest BCUT2D eigenvalue weighted by Crippen LogP contribution is 2.57. The van der Waals surface area contributed by atoms with Crippen molar-refractivity contribution in [2.45, 2.75) is 50.1 Å². The molecule has 3 aromatic rings. The van der Waals surface area contributed by atoms with Crippen molar-refractivity contribution in [3.63, 3.8) is 0 Å². The molecule has 3 fully saturated rings. The minimum Gasteiger partial charge on any atom is -0.503 e. The number of rotatable bonds is 5. The molecule has 6 rings (SSSR count). The van der Waals surface area contributed by atoms with Crippen molar-refractivity contribution in [2.75, 3.05) is 6.54 Å². The molecule has 3 aliphatic rings. The number of amides is 1. The van der Waals surface area contributed by atoms with Gasteiger partial charge in [0.1, 0.15) is 5.69 Å². The van der Waals surface area contributed by atoms with Gasteiger partial charge >= 0.3 is 6.18 Å². The smallest absolute Gasteiger partial charge is 0.434 e. The quantitative estimate of drug-likeness (QED) is 0.366. The molecule has 2 N–H and O–H groups in total. The van der Waals surface area contributed by atoms with Crippen LogP contribution in [0, 0.1) is 22.9 Å². The van der Waals surface area contributed by atoms with Gasteiger partial charge in [-0.2, -0.15) is 22.5 Å². The summed E-state index contributed by atoms with van der Waals surface area (Å²) < 4.78 is 84.6. The first-order valence-electron chi connectivity index (χ1n) is 11.3. The maximum Gasteiger partial charge on any atom is 0.434 e. The summed E-state index contributed by atoms with van der Waals surface area (Å²) in [5.74, 6) is -7.01. The van der Waals surface area contributed by atoms with E-state index in [1.165, 1.54) is 0 Å². The first kappa shape index (κ1) is 25.0. The van der Waals surface area contributed by atoms with Crippen LogP contribution in [0.5, 0.6) is 5.75 Å². The van der Waals surface area contributed by atoms with Crippen molar-refractivity contribution in [1.82, 2.24) is 25.4 Å². The van der Waals surface area contributed by atoms with Gasteiger partial charge in [0.25, 0.3) is 11.8 Å².